The number of hydrogen-bond donors (Lipinski definition) is 1. The molecule has 1 fully saturated rings. The molecule has 0 saturated carbocycles. The highest BCUT2D eigenvalue weighted by atomic mass is 32.2. The maximum atomic E-state index is 13.0. The summed E-state index contributed by atoms with van der Waals surface area (Å²) in [6.07, 6.45) is -4.37. The zero-order chi connectivity index (χ0) is 22.0. The lowest BCUT2D eigenvalue weighted by atomic mass is 10.0. The van der Waals surface area contributed by atoms with Crippen molar-refractivity contribution in [3.8, 4) is 0 Å². The van der Waals surface area contributed by atoms with Crippen LogP contribution in [0.2, 0.25) is 0 Å². The van der Waals surface area contributed by atoms with Crippen LogP contribution in [-0.4, -0.2) is 63.8 Å². The molecule has 8 nitrogen and oxygen atoms in total. The van der Waals surface area contributed by atoms with Gasteiger partial charge in [-0.05, 0) is 43.5 Å². The van der Waals surface area contributed by atoms with Crippen LogP contribution in [0.5, 0.6) is 0 Å². The van der Waals surface area contributed by atoms with Gasteiger partial charge >= 0.3 is 12.1 Å². The number of nitrogens with zero attached hydrogens (tertiary/aromatic N) is 2. The Kier molecular flexibility index (Phi) is 6.97. The van der Waals surface area contributed by atoms with Gasteiger partial charge in [0.05, 0.1) is 9.79 Å². The van der Waals surface area contributed by atoms with Crippen LogP contribution in [0.3, 0.4) is 0 Å². The summed E-state index contributed by atoms with van der Waals surface area (Å²) in [4.78, 5) is 11.7. The first-order valence-electron chi connectivity index (χ1n) is 8.79. The first kappa shape index (κ1) is 23.6. The summed E-state index contributed by atoms with van der Waals surface area (Å²) in [6, 6.07) is 3.84. The molecule has 2 N–H and O–H groups in total. The highest BCUT2D eigenvalue weighted by molar-refractivity contribution is 7.89. The number of nitrogens with two attached hydrogens (primary N) is 1. The summed E-state index contributed by atoms with van der Waals surface area (Å²) in [5.41, 5.74) is 0. The van der Waals surface area contributed by atoms with Crippen LogP contribution in [0.25, 0.3) is 0 Å². The van der Waals surface area contributed by atoms with Crippen molar-refractivity contribution in [3.63, 3.8) is 0 Å². The quantitative estimate of drug-likeness (QED) is 0.691. The van der Waals surface area contributed by atoms with Gasteiger partial charge in [0.2, 0.25) is 20.0 Å². The molecule has 0 aromatic heterocycles. The third-order valence-corrected chi connectivity index (χ3v) is 7.50. The molecule has 1 aliphatic heterocycles. The van der Waals surface area contributed by atoms with E-state index in [9.17, 15) is 34.8 Å². The lowest BCUT2D eigenvalue weighted by Gasteiger charge is -2.37. The fourth-order valence-corrected chi connectivity index (χ4v) is 5.48. The van der Waals surface area contributed by atoms with E-state index in [1.54, 1.807) is 6.92 Å². The molecule has 0 radical (unpaired) electrons. The molecule has 0 unspecified atom stereocenters. The molecular formula is C16H22F3N3O5S2. The Labute approximate surface area is 167 Å². The lowest BCUT2D eigenvalue weighted by Crippen LogP contribution is -2.51. The molecule has 1 aliphatic rings. The van der Waals surface area contributed by atoms with E-state index in [1.807, 2.05) is 0 Å². The van der Waals surface area contributed by atoms with Gasteiger partial charge in [-0.1, -0.05) is 6.92 Å². The summed E-state index contributed by atoms with van der Waals surface area (Å²) in [6.45, 7) is 1.48. The zero-order valence-electron chi connectivity index (χ0n) is 15.6. The highest BCUT2D eigenvalue weighted by Gasteiger charge is 2.44. The van der Waals surface area contributed by atoms with Crippen molar-refractivity contribution in [3.05, 3.63) is 24.3 Å². The van der Waals surface area contributed by atoms with Gasteiger partial charge in [-0.3, -0.25) is 4.79 Å². The second-order valence-electron chi connectivity index (χ2n) is 6.65. The van der Waals surface area contributed by atoms with E-state index >= 15 is 0 Å². The van der Waals surface area contributed by atoms with Crippen molar-refractivity contribution < 1.29 is 34.8 Å². The highest BCUT2D eigenvalue weighted by Crippen LogP contribution is 2.27. The van der Waals surface area contributed by atoms with E-state index in [-0.39, 0.29) is 42.3 Å². The fourth-order valence-electron chi connectivity index (χ4n) is 3.19. The molecular weight excluding hydrogens is 435 g/mol. The van der Waals surface area contributed by atoms with Crippen molar-refractivity contribution >= 4 is 26.0 Å². The Balaban J connectivity index is 2.22. The minimum absolute atomic E-state index is 0.0658. The number of amides is 1. The molecule has 1 aromatic carbocycles. The molecule has 1 saturated heterocycles. The topological polar surface area (TPSA) is 118 Å². The maximum absolute atomic E-state index is 13.0. The van der Waals surface area contributed by atoms with Crippen molar-refractivity contribution in [1.29, 1.82) is 0 Å². The molecule has 0 spiro atoms. The molecule has 1 heterocycles. The van der Waals surface area contributed by atoms with Crippen LogP contribution in [0.4, 0.5) is 13.2 Å². The van der Waals surface area contributed by atoms with E-state index in [1.165, 1.54) is 4.31 Å². The average Bonchev–Trinajstić information content (AvgIpc) is 2.64. The number of halogens is 3. The average molecular weight is 457 g/mol. The summed E-state index contributed by atoms with van der Waals surface area (Å²) < 4.78 is 87.7. The first-order chi connectivity index (χ1) is 13.3. The summed E-state index contributed by atoms with van der Waals surface area (Å²) in [5, 5.41) is 5.01. The van der Waals surface area contributed by atoms with Crippen molar-refractivity contribution in [1.82, 2.24) is 9.21 Å². The molecule has 13 heteroatoms. The van der Waals surface area contributed by atoms with Crippen LogP contribution in [0.1, 0.15) is 26.2 Å². The number of alkyl halides is 3. The number of hydrogen-bond acceptors (Lipinski definition) is 5. The molecule has 2 rings (SSSR count). The number of primary sulfonamides is 1. The lowest BCUT2D eigenvalue weighted by molar-refractivity contribution is -0.186. The first-order valence-corrected chi connectivity index (χ1v) is 11.8. The minimum Gasteiger partial charge on any atom is -0.335 e. The number of rotatable bonds is 6. The number of carbonyl (C=O) groups is 1. The zero-order valence-corrected chi connectivity index (χ0v) is 17.2. The number of piperidine rings is 1. The Bertz CT molecular complexity index is 939. The summed E-state index contributed by atoms with van der Waals surface area (Å²) >= 11 is 0. The van der Waals surface area contributed by atoms with E-state index < -0.39 is 38.2 Å². The third-order valence-electron chi connectivity index (χ3n) is 4.60. The number of benzene rings is 1. The smallest absolute Gasteiger partial charge is 0.335 e. The molecule has 1 aromatic rings. The molecule has 29 heavy (non-hydrogen) atoms. The van der Waals surface area contributed by atoms with Gasteiger partial charge in [0.15, 0.2) is 0 Å². The normalized spacial score (nSPS) is 17.0. The van der Waals surface area contributed by atoms with E-state index in [0.29, 0.717) is 11.3 Å². The molecule has 0 bridgehead atoms. The predicted molar refractivity (Wildman–Crippen MR) is 97.7 cm³/mol. The molecule has 164 valence electrons. The fraction of sp³-hybridized carbons (Fsp3) is 0.562. The third kappa shape index (κ3) is 5.47. The standard InChI is InChI=1S/C16H22F3N3O5S2/c1-2-9-22(12-7-10-21(11-8-12)15(23)16(17,18)19)29(26,27)14-5-3-13(4-6-14)28(20,24)25/h3-6,12H,2,7-11H2,1H3,(H2,20,24,25). The van der Waals surface area contributed by atoms with Crippen molar-refractivity contribution in [2.24, 2.45) is 5.14 Å². The Hall–Kier alpha value is -1.70. The van der Waals surface area contributed by atoms with Crippen molar-refractivity contribution in [2.45, 2.75) is 48.2 Å². The van der Waals surface area contributed by atoms with Gasteiger partial charge in [0.1, 0.15) is 0 Å². The number of sulfonamides is 2. The van der Waals surface area contributed by atoms with Gasteiger partial charge < -0.3 is 4.90 Å². The van der Waals surface area contributed by atoms with Gasteiger partial charge in [-0.25, -0.2) is 22.0 Å². The van der Waals surface area contributed by atoms with Crippen LogP contribution < -0.4 is 5.14 Å². The Morgan fingerprint density at radius 1 is 1.10 bits per heavy atom. The maximum Gasteiger partial charge on any atom is 0.471 e. The van der Waals surface area contributed by atoms with Crippen LogP contribution in [-0.2, 0) is 24.8 Å². The van der Waals surface area contributed by atoms with Crippen LogP contribution in [0, 0.1) is 0 Å². The van der Waals surface area contributed by atoms with Gasteiger partial charge in [-0.15, -0.1) is 0 Å². The van der Waals surface area contributed by atoms with Gasteiger partial charge in [0, 0.05) is 25.7 Å². The predicted octanol–water partition coefficient (Wildman–Crippen LogP) is 1.29. The SMILES string of the molecule is CCCN(C1CCN(C(=O)C(F)(F)F)CC1)S(=O)(=O)c1ccc(S(N)(=O)=O)cc1. The number of likely N-dealkylation sites (tertiary alicyclic amines) is 1. The van der Waals surface area contributed by atoms with Crippen molar-refractivity contribution in [2.75, 3.05) is 19.6 Å². The van der Waals surface area contributed by atoms with E-state index in [2.05, 4.69) is 0 Å². The van der Waals surface area contributed by atoms with Gasteiger partial charge in [0.25, 0.3) is 0 Å². The molecule has 0 atom stereocenters. The van der Waals surface area contributed by atoms with Crippen LogP contribution in [0.15, 0.2) is 34.1 Å². The van der Waals surface area contributed by atoms with E-state index in [4.69, 9.17) is 5.14 Å². The van der Waals surface area contributed by atoms with Gasteiger partial charge in [-0.2, -0.15) is 17.5 Å². The van der Waals surface area contributed by atoms with Crippen LogP contribution >= 0.6 is 0 Å². The summed E-state index contributed by atoms with van der Waals surface area (Å²) in [7, 11) is -8.00. The molecule has 1 amide bonds. The monoisotopic (exact) mass is 457 g/mol. The molecule has 0 aliphatic carbocycles. The second kappa shape index (κ2) is 8.58. The minimum atomic E-state index is -4.97. The largest absolute Gasteiger partial charge is 0.471 e. The number of carbonyl (C=O) groups excluding carboxylic acids is 1. The second-order valence-corrected chi connectivity index (χ2v) is 10.1. The Morgan fingerprint density at radius 3 is 2.00 bits per heavy atom. The summed E-state index contributed by atoms with van der Waals surface area (Å²) in [5.74, 6) is -1.93. The Morgan fingerprint density at radius 2 is 1.59 bits per heavy atom. The van der Waals surface area contributed by atoms with E-state index in [0.717, 1.165) is 24.3 Å².